The molecule has 15 heavy (non-hydrogen) atoms. The summed E-state index contributed by atoms with van der Waals surface area (Å²) in [5.41, 5.74) is 1.06. The number of rotatable bonds is 4. The summed E-state index contributed by atoms with van der Waals surface area (Å²) in [6, 6.07) is 12.0. The Hall–Kier alpha value is -1.19. The van der Waals surface area contributed by atoms with Crippen LogP contribution in [0.2, 0.25) is 0 Å². The predicted octanol–water partition coefficient (Wildman–Crippen LogP) is 2.97. The van der Waals surface area contributed by atoms with Gasteiger partial charge < -0.3 is 9.52 Å². The van der Waals surface area contributed by atoms with Crippen LogP contribution in [0, 0.1) is 0 Å². The molecule has 1 aromatic heterocycles. The zero-order valence-electron chi connectivity index (χ0n) is 8.22. The number of aliphatic hydroxyl groups excluding tert-OH is 1. The van der Waals surface area contributed by atoms with Crippen LogP contribution in [0.5, 0.6) is 0 Å². The molecule has 0 amide bonds. The number of benzene rings is 1. The summed E-state index contributed by atoms with van der Waals surface area (Å²) in [5.74, 6) is 0. The Bertz CT molecular complexity index is 409. The number of hydrogen-bond acceptors (Lipinski definition) is 3. The van der Waals surface area contributed by atoms with Crippen LogP contribution in [-0.4, -0.2) is 11.7 Å². The topological polar surface area (TPSA) is 33.4 Å². The van der Waals surface area contributed by atoms with E-state index >= 15 is 0 Å². The zero-order chi connectivity index (χ0) is 10.5. The minimum absolute atomic E-state index is 0.155. The Morgan fingerprint density at radius 1 is 1.13 bits per heavy atom. The second-order valence-corrected chi connectivity index (χ2v) is 4.17. The van der Waals surface area contributed by atoms with Gasteiger partial charge in [-0.05, 0) is 24.6 Å². The van der Waals surface area contributed by atoms with E-state index in [2.05, 4.69) is 0 Å². The predicted molar refractivity (Wildman–Crippen MR) is 60.1 cm³/mol. The Labute approximate surface area is 92.9 Å². The van der Waals surface area contributed by atoms with Crippen LogP contribution >= 0.6 is 11.8 Å². The summed E-state index contributed by atoms with van der Waals surface area (Å²) in [7, 11) is 0. The number of furan rings is 1. The van der Waals surface area contributed by atoms with Crippen molar-refractivity contribution in [2.24, 2.45) is 0 Å². The van der Waals surface area contributed by atoms with E-state index < -0.39 is 0 Å². The van der Waals surface area contributed by atoms with Crippen LogP contribution in [0.4, 0.5) is 0 Å². The molecule has 2 aromatic rings. The molecular formula is C12H12O2S. The number of hydrogen-bond donors (Lipinski definition) is 1. The normalized spacial score (nSPS) is 10.5. The molecule has 0 fully saturated rings. The van der Waals surface area contributed by atoms with Gasteiger partial charge in [-0.15, -0.1) is 0 Å². The lowest BCUT2D eigenvalue weighted by atomic mass is 10.3. The van der Waals surface area contributed by atoms with E-state index in [1.54, 1.807) is 18.0 Å². The molecule has 0 spiro atoms. The second-order valence-electron chi connectivity index (χ2n) is 3.12. The van der Waals surface area contributed by atoms with Crippen molar-refractivity contribution < 1.29 is 9.52 Å². The highest BCUT2D eigenvalue weighted by Crippen LogP contribution is 2.31. The van der Waals surface area contributed by atoms with Crippen LogP contribution < -0.4 is 0 Å². The summed E-state index contributed by atoms with van der Waals surface area (Å²) < 4.78 is 5.37. The third kappa shape index (κ3) is 2.64. The highest BCUT2D eigenvalue weighted by atomic mass is 32.2. The van der Waals surface area contributed by atoms with Crippen molar-refractivity contribution in [3.05, 3.63) is 48.2 Å². The van der Waals surface area contributed by atoms with Gasteiger partial charge in [0.15, 0.2) is 5.09 Å². The van der Waals surface area contributed by atoms with Crippen LogP contribution in [0.3, 0.4) is 0 Å². The molecule has 0 bridgehead atoms. The minimum Gasteiger partial charge on any atom is -0.457 e. The lowest BCUT2D eigenvalue weighted by Crippen LogP contribution is -1.89. The van der Waals surface area contributed by atoms with Gasteiger partial charge in [0, 0.05) is 17.1 Å². The lowest BCUT2D eigenvalue weighted by Gasteiger charge is -2.00. The number of aliphatic hydroxyl groups is 1. The van der Waals surface area contributed by atoms with Crippen LogP contribution in [0.25, 0.3) is 0 Å². The maximum Gasteiger partial charge on any atom is 0.168 e. The summed E-state index contributed by atoms with van der Waals surface area (Å²) in [4.78, 5) is 1.15. The van der Waals surface area contributed by atoms with Crippen molar-refractivity contribution in [1.82, 2.24) is 0 Å². The van der Waals surface area contributed by atoms with Gasteiger partial charge in [-0.3, -0.25) is 0 Å². The van der Waals surface area contributed by atoms with E-state index in [4.69, 9.17) is 9.52 Å². The Morgan fingerprint density at radius 2 is 1.93 bits per heavy atom. The zero-order valence-corrected chi connectivity index (χ0v) is 9.04. The van der Waals surface area contributed by atoms with Crippen LogP contribution in [0.15, 0.2) is 57.1 Å². The summed E-state index contributed by atoms with van der Waals surface area (Å²) >= 11 is 1.58. The molecule has 1 heterocycles. The first-order valence-electron chi connectivity index (χ1n) is 4.80. The van der Waals surface area contributed by atoms with Gasteiger partial charge in [0.05, 0.1) is 6.26 Å². The standard InChI is InChI=1S/C12H12O2S/c13-8-6-10-7-9-14-12(10)15-11-4-2-1-3-5-11/h1-5,7,9,13H,6,8H2. The third-order valence-corrected chi connectivity index (χ3v) is 3.09. The molecule has 1 N–H and O–H groups in total. The maximum atomic E-state index is 8.88. The van der Waals surface area contributed by atoms with Crippen molar-refractivity contribution in [2.45, 2.75) is 16.4 Å². The fourth-order valence-electron chi connectivity index (χ4n) is 1.31. The average Bonchev–Trinajstić information content (AvgIpc) is 2.68. The first-order chi connectivity index (χ1) is 7.40. The molecular weight excluding hydrogens is 208 g/mol. The molecule has 0 aliphatic rings. The first kappa shape index (κ1) is 10.3. The molecule has 3 heteroatoms. The quantitative estimate of drug-likeness (QED) is 0.860. The summed E-state index contributed by atoms with van der Waals surface area (Å²) in [6.45, 7) is 0.155. The van der Waals surface area contributed by atoms with Gasteiger partial charge in [-0.1, -0.05) is 30.0 Å². The molecule has 1 aromatic carbocycles. The van der Waals surface area contributed by atoms with Gasteiger partial charge in [0.25, 0.3) is 0 Å². The van der Waals surface area contributed by atoms with E-state index in [0.29, 0.717) is 6.42 Å². The molecule has 78 valence electrons. The van der Waals surface area contributed by atoms with Crippen LogP contribution in [0.1, 0.15) is 5.56 Å². The van der Waals surface area contributed by atoms with E-state index in [0.717, 1.165) is 15.6 Å². The van der Waals surface area contributed by atoms with Crippen molar-refractivity contribution in [2.75, 3.05) is 6.61 Å². The van der Waals surface area contributed by atoms with E-state index in [9.17, 15) is 0 Å². The minimum atomic E-state index is 0.155. The smallest absolute Gasteiger partial charge is 0.168 e. The molecule has 0 aliphatic carbocycles. The van der Waals surface area contributed by atoms with Crippen molar-refractivity contribution in [3.8, 4) is 0 Å². The van der Waals surface area contributed by atoms with E-state index in [1.165, 1.54) is 0 Å². The molecule has 0 saturated carbocycles. The molecule has 0 unspecified atom stereocenters. The van der Waals surface area contributed by atoms with Gasteiger partial charge in [0.1, 0.15) is 0 Å². The van der Waals surface area contributed by atoms with E-state index in [-0.39, 0.29) is 6.61 Å². The summed E-state index contributed by atoms with van der Waals surface area (Å²) in [5, 5.41) is 9.75. The molecule has 0 aliphatic heterocycles. The Morgan fingerprint density at radius 3 is 2.67 bits per heavy atom. The monoisotopic (exact) mass is 220 g/mol. The first-order valence-corrected chi connectivity index (χ1v) is 5.62. The maximum absolute atomic E-state index is 8.88. The highest BCUT2D eigenvalue weighted by Gasteiger charge is 2.07. The molecule has 0 saturated heterocycles. The molecule has 0 radical (unpaired) electrons. The van der Waals surface area contributed by atoms with Crippen molar-refractivity contribution in [1.29, 1.82) is 0 Å². The van der Waals surface area contributed by atoms with Crippen LogP contribution in [-0.2, 0) is 6.42 Å². The Kier molecular flexibility index (Phi) is 3.48. The largest absolute Gasteiger partial charge is 0.457 e. The van der Waals surface area contributed by atoms with Gasteiger partial charge >= 0.3 is 0 Å². The van der Waals surface area contributed by atoms with Gasteiger partial charge in [-0.25, -0.2) is 0 Å². The molecule has 2 rings (SSSR count). The lowest BCUT2D eigenvalue weighted by molar-refractivity contribution is 0.297. The van der Waals surface area contributed by atoms with Crippen molar-refractivity contribution in [3.63, 3.8) is 0 Å². The summed E-state index contributed by atoms with van der Waals surface area (Å²) in [6.07, 6.45) is 2.31. The molecule has 0 atom stereocenters. The highest BCUT2D eigenvalue weighted by molar-refractivity contribution is 7.99. The van der Waals surface area contributed by atoms with Crippen molar-refractivity contribution >= 4 is 11.8 Å². The fourth-order valence-corrected chi connectivity index (χ4v) is 2.22. The fraction of sp³-hybridized carbons (Fsp3) is 0.167. The Balaban J connectivity index is 2.14. The van der Waals surface area contributed by atoms with Gasteiger partial charge in [-0.2, -0.15) is 0 Å². The van der Waals surface area contributed by atoms with E-state index in [1.807, 2.05) is 36.4 Å². The van der Waals surface area contributed by atoms with Gasteiger partial charge in [0.2, 0.25) is 0 Å². The second kappa shape index (κ2) is 5.05. The average molecular weight is 220 g/mol. The molecule has 2 nitrogen and oxygen atoms in total. The third-order valence-electron chi connectivity index (χ3n) is 2.04. The SMILES string of the molecule is OCCc1ccoc1Sc1ccccc1.